The van der Waals surface area contributed by atoms with Gasteiger partial charge in [0.05, 0.1) is 12.2 Å². The predicted molar refractivity (Wildman–Crippen MR) is 53.9 cm³/mol. The van der Waals surface area contributed by atoms with E-state index in [1.807, 2.05) is 11.6 Å². The SMILES string of the molecule is BrCc1cn(Cc2nccs2)nn1. The summed E-state index contributed by atoms with van der Waals surface area (Å²) in [5.74, 6) is 0. The van der Waals surface area contributed by atoms with Crippen LogP contribution in [0.25, 0.3) is 0 Å². The molecule has 0 amide bonds. The Morgan fingerprint density at radius 2 is 2.46 bits per heavy atom. The third-order valence-electron chi connectivity index (χ3n) is 1.50. The van der Waals surface area contributed by atoms with Crippen LogP contribution in [0.5, 0.6) is 0 Å². The van der Waals surface area contributed by atoms with Crippen LogP contribution in [-0.4, -0.2) is 20.0 Å². The molecule has 2 aromatic heterocycles. The molecule has 0 saturated heterocycles. The zero-order chi connectivity index (χ0) is 9.10. The molecule has 13 heavy (non-hydrogen) atoms. The number of hydrogen-bond donors (Lipinski definition) is 0. The number of rotatable bonds is 3. The summed E-state index contributed by atoms with van der Waals surface area (Å²) in [7, 11) is 0. The highest BCUT2D eigenvalue weighted by Gasteiger charge is 2.00. The normalized spacial score (nSPS) is 10.5. The van der Waals surface area contributed by atoms with Gasteiger partial charge in [-0.2, -0.15) is 0 Å². The molecule has 0 radical (unpaired) electrons. The van der Waals surface area contributed by atoms with Crippen molar-refractivity contribution in [3.8, 4) is 0 Å². The maximum absolute atomic E-state index is 4.16. The zero-order valence-corrected chi connectivity index (χ0v) is 9.12. The number of halogens is 1. The van der Waals surface area contributed by atoms with Crippen molar-refractivity contribution in [2.75, 3.05) is 0 Å². The topological polar surface area (TPSA) is 43.6 Å². The van der Waals surface area contributed by atoms with Gasteiger partial charge in [-0.1, -0.05) is 21.1 Å². The molecule has 0 unspecified atom stereocenters. The average Bonchev–Trinajstić information content (AvgIpc) is 2.76. The molecule has 0 spiro atoms. The van der Waals surface area contributed by atoms with Gasteiger partial charge in [-0.25, -0.2) is 9.67 Å². The van der Waals surface area contributed by atoms with Gasteiger partial charge in [0.25, 0.3) is 0 Å². The van der Waals surface area contributed by atoms with Crippen LogP contribution in [0.2, 0.25) is 0 Å². The van der Waals surface area contributed by atoms with Crippen molar-refractivity contribution in [2.24, 2.45) is 0 Å². The summed E-state index contributed by atoms with van der Waals surface area (Å²) in [6.45, 7) is 0.706. The molecule has 0 aliphatic heterocycles. The van der Waals surface area contributed by atoms with Crippen molar-refractivity contribution in [3.05, 3.63) is 28.5 Å². The summed E-state index contributed by atoms with van der Waals surface area (Å²) in [5, 5.41) is 11.7. The van der Waals surface area contributed by atoms with Crippen LogP contribution >= 0.6 is 27.3 Å². The minimum Gasteiger partial charge on any atom is -0.248 e. The van der Waals surface area contributed by atoms with Crippen molar-refractivity contribution >= 4 is 27.3 Å². The van der Waals surface area contributed by atoms with Gasteiger partial charge in [0.2, 0.25) is 0 Å². The van der Waals surface area contributed by atoms with Gasteiger partial charge in [-0.3, -0.25) is 0 Å². The number of aromatic nitrogens is 4. The Labute approximate surface area is 87.7 Å². The Balaban J connectivity index is 2.10. The molecular formula is C7H7BrN4S. The number of nitrogens with zero attached hydrogens (tertiary/aromatic N) is 4. The van der Waals surface area contributed by atoms with E-state index in [0.717, 1.165) is 16.0 Å². The minimum absolute atomic E-state index is 0.706. The smallest absolute Gasteiger partial charge is 0.114 e. The molecule has 0 bridgehead atoms. The number of thiazole rings is 1. The Bertz CT molecular complexity index is 370. The molecule has 0 aromatic carbocycles. The molecule has 0 N–H and O–H groups in total. The van der Waals surface area contributed by atoms with Gasteiger partial charge in [0.1, 0.15) is 5.01 Å². The highest BCUT2D eigenvalue weighted by Crippen LogP contribution is 2.06. The molecule has 0 atom stereocenters. The molecule has 68 valence electrons. The molecule has 2 aromatic rings. The van der Waals surface area contributed by atoms with Gasteiger partial charge in [-0.05, 0) is 0 Å². The lowest BCUT2D eigenvalue weighted by atomic mass is 10.5. The van der Waals surface area contributed by atoms with E-state index in [2.05, 4.69) is 31.2 Å². The van der Waals surface area contributed by atoms with E-state index >= 15 is 0 Å². The van der Waals surface area contributed by atoms with Crippen molar-refractivity contribution in [1.82, 2.24) is 20.0 Å². The molecule has 6 heteroatoms. The quantitative estimate of drug-likeness (QED) is 0.787. The lowest BCUT2D eigenvalue weighted by Gasteiger charge is -1.93. The van der Waals surface area contributed by atoms with Crippen LogP contribution in [-0.2, 0) is 11.9 Å². The molecule has 0 aliphatic rings. The van der Waals surface area contributed by atoms with Crippen molar-refractivity contribution < 1.29 is 0 Å². The molecule has 0 fully saturated rings. The predicted octanol–water partition coefficient (Wildman–Crippen LogP) is 1.68. The largest absolute Gasteiger partial charge is 0.248 e. The Morgan fingerprint density at radius 3 is 3.08 bits per heavy atom. The highest BCUT2D eigenvalue weighted by molar-refractivity contribution is 9.08. The van der Waals surface area contributed by atoms with Crippen molar-refractivity contribution in [3.63, 3.8) is 0 Å². The third-order valence-corrected chi connectivity index (χ3v) is 2.84. The lowest BCUT2D eigenvalue weighted by molar-refractivity contribution is 0.647. The molecular weight excluding hydrogens is 252 g/mol. The van der Waals surface area contributed by atoms with E-state index in [9.17, 15) is 0 Å². The zero-order valence-electron chi connectivity index (χ0n) is 6.72. The number of alkyl halides is 1. The first-order valence-corrected chi connectivity index (χ1v) is 5.72. The van der Waals surface area contributed by atoms with Gasteiger partial charge < -0.3 is 0 Å². The second kappa shape index (κ2) is 3.97. The molecule has 0 aliphatic carbocycles. The van der Waals surface area contributed by atoms with E-state index in [-0.39, 0.29) is 0 Å². The minimum atomic E-state index is 0.706. The summed E-state index contributed by atoms with van der Waals surface area (Å²) < 4.78 is 1.79. The third kappa shape index (κ3) is 2.13. The number of hydrogen-bond acceptors (Lipinski definition) is 4. The average molecular weight is 259 g/mol. The fraction of sp³-hybridized carbons (Fsp3) is 0.286. The second-order valence-corrected chi connectivity index (χ2v) is 4.01. The van der Waals surface area contributed by atoms with Crippen LogP contribution in [0.15, 0.2) is 17.8 Å². The molecule has 2 rings (SSSR count). The Kier molecular flexibility index (Phi) is 2.70. The first kappa shape index (κ1) is 8.83. The first-order valence-electron chi connectivity index (χ1n) is 3.72. The van der Waals surface area contributed by atoms with E-state index in [0.29, 0.717) is 6.54 Å². The standard InChI is InChI=1S/C7H7BrN4S/c8-3-6-4-12(11-10-6)5-7-9-1-2-13-7/h1-2,4H,3,5H2. The van der Waals surface area contributed by atoms with E-state index in [1.54, 1.807) is 22.2 Å². The second-order valence-electron chi connectivity index (χ2n) is 2.47. The molecule has 4 nitrogen and oxygen atoms in total. The van der Waals surface area contributed by atoms with Gasteiger partial charge in [0, 0.05) is 23.1 Å². The highest BCUT2D eigenvalue weighted by atomic mass is 79.9. The van der Waals surface area contributed by atoms with Gasteiger partial charge in [0.15, 0.2) is 0 Å². The maximum atomic E-state index is 4.16. The van der Waals surface area contributed by atoms with Crippen molar-refractivity contribution in [1.29, 1.82) is 0 Å². The Morgan fingerprint density at radius 1 is 1.54 bits per heavy atom. The maximum Gasteiger partial charge on any atom is 0.114 e. The van der Waals surface area contributed by atoms with Crippen LogP contribution in [0.3, 0.4) is 0 Å². The fourth-order valence-corrected chi connectivity index (χ4v) is 1.81. The monoisotopic (exact) mass is 258 g/mol. The summed E-state index contributed by atoms with van der Waals surface area (Å²) in [6, 6.07) is 0. The molecule has 2 heterocycles. The summed E-state index contributed by atoms with van der Waals surface area (Å²) >= 11 is 4.94. The van der Waals surface area contributed by atoms with E-state index in [1.165, 1.54) is 0 Å². The summed E-state index contributed by atoms with van der Waals surface area (Å²) in [5.41, 5.74) is 0.941. The molecule has 0 saturated carbocycles. The van der Waals surface area contributed by atoms with Gasteiger partial charge in [-0.15, -0.1) is 16.4 Å². The first-order chi connectivity index (χ1) is 6.38. The van der Waals surface area contributed by atoms with Crippen LogP contribution < -0.4 is 0 Å². The Hall–Kier alpha value is -0.750. The van der Waals surface area contributed by atoms with Gasteiger partial charge >= 0.3 is 0 Å². The fourth-order valence-electron chi connectivity index (χ4n) is 0.947. The van der Waals surface area contributed by atoms with Crippen molar-refractivity contribution in [2.45, 2.75) is 11.9 Å². The van der Waals surface area contributed by atoms with E-state index in [4.69, 9.17) is 0 Å². The van der Waals surface area contributed by atoms with Crippen LogP contribution in [0.1, 0.15) is 10.7 Å². The van der Waals surface area contributed by atoms with Crippen LogP contribution in [0.4, 0.5) is 0 Å². The summed E-state index contributed by atoms with van der Waals surface area (Å²) in [6.07, 6.45) is 3.71. The van der Waals surface area contributed by atoms with Crippen LogP contribution in [0, 0.1) is 0 Å². The van der Waals surface area contributed by atoms with E-state index < -0.39 is 0 Å². The summed E-state index contributed by atoms with van der Waals surface area (Å²) in [4.78, 5) is 4.16. The lowest BCUT2D eigenvalue weighted by Crippen LogP contribution is -1.99.